The molecule has 2 aliphatic heterocycles. The van der Waals surface area contributed by atoms with Gasteiger partial charge in [0, 0.05) is 45.5 Å². The molecule has 2 fully saturated rings. The zero-order valence-corrected chi connectivity index (χ0v) is 13.1. The van der Waals surface area contributed by atoms with Gasteiger partial charge in [-0.05, 0) is 19.8 Å². The summed E-state index contributed by atoms with van der Waals surface area (Å²) in [6.45, 7) is 5.27. The first-order chi connectivity index (χ1) is 10.00. The highest BCUT2D eigenvalue weighted by molar-refractivity contribution is 5.78. The molecule has 0 saturated carbocycles. The summed E-state index contributed by atoms with van der Waals surface area (Å²) in [6, 6.07) is 0.152. The van der Waals surface area contributed by atoms with Crippen LogP contribution in [0.2, 0.25) is 0 Å². The van der Waals surface area contributed by atoms with E-state index < -0.39 is 0 Å². The van der Waals surface area contributed by atoms with E-state index in [-0.39, 0.29) is 24.2 Å². The minimum atomic E-state index is -0.159. The molecular weight excluding hydrogens is 268 g/mol. The minimum absolute atomic E-state index is 0.0888. The van der Waals surface area contributed by atoms with Gasteiger partial charge in [0.2, 0.25) is 5.91 Å². The van der Waals surface area contributed by atoms with Gasteiger partial charge in [-0.1, -0.05) is 0 Å². The van der Waals surface area contributed by atoms with Crippen LogP contribution in [-0.4, -0.2) is 63.9 Å². The van der Waals surface area contributed by atoms with Crippen LogP contribution in [0.15, 0.2) is 12.4 Å². The van der Waals surface area contributed by atoms with Crippen LogP contribution in [0.25, 0.3) is 0 Å². The standard InChI is InChI=1S/C15H24N4O2/c1-12-15(21-11-14(20)18(12)3)4-6-19(7-5-15)10-13-8-16-17(2)9-13/h8-9,12H,4-7,10-11H2,1-3H3/t12-/m0/s1. The molecule has 2 saturated heterocycles. The number of likely N-dealkylation sites (N-methyl/N-ethyl adjacent to an activating group) is 1. The Morgan fingerprint density at radius 3 is 2.71 bits per heavy atom. The van der Waals surface area contributed by atoms with E-state index in [4.69, 9.17) is 4.74 Å². The average Bonchev–Trinajstić information content (AvgIpc) is 2.89. The highest BCUT2D eigenvalue weighted by atomic mass is 16.5. The van der Waals surface area contributed by atoms with Gasteiger partial charge in [0.25, 0.3) is 0 Å². The third-order valence-electron chi connectivity index (χ3n) is 5.09. The SMILES string of the molecule is C[C@@H]1N(C)C(=O)COC12CCN(Cc1cnn(C)c1)CC2. The molecule has 6 nitrogen and oxygen atoms in total. The van der Waals surface area contributed by atoms with Crippen molar-refractivity contribution >= 4 is 5.91 Å². The maximum Gasteiger partial charge on any atom is 0.248 e. The number of aromatic nitrogens is 2. The van der Waals surface area contributed by atoms with Crippen LogP contribution in [0.3, 0.4) is 0 Å². The number of carbonyl (C=O) groups is 1. The Balaban J connectivity index is 1.60. The maximum atomic E-state index is 11.7. The molecule has 1 spiro atoms. The Labute approximate surface area is 125 Å². The number of ether oxygens (including phenoxy) is 1. The summed E-state index contributed by atoms with van der Waals surface area (Å²) in [7, 11) is 3.83. The predicted molar refractivity (Wildman–Crippen MR) is 78.6 cm³/mol. The van der Waals surface area contributed by atoms with Crippen LogP contribution in [-0.2, 0) is 23.1 Å². The minimum Gasteiger partial charge on any atom is -0.363 e. The summed E-state index contributed by atoms with van der Waals surface area (Å²) >= 11 is 0. The van der Waals surface area contributed by atoms with Crippen molar-refractivity contribution in [3.05, 3.63) is 18.0 Å². The largest absolute Gasteiger partial charge is 0.363 e. The Hall–Kier alpha value is -1.40. The number of piperidine rings is 1. The van der Waals surface area contributed by atoms with Crippen LogP contribution in [0.5, 0.6) is 0 Å². The molecule has 3 rings (SSSR count). The molecule has 0 aliphatic carbocycles. The number of aryl methyl sites for hydroxylation is 1. The fourth-order valence-corrected chi connectivity index (χ4v) is 3.46. The van der Waals surface area contributed by atoms with Crippen LogP contribution in [0, 0.1) is 0 Å². The average molecular weight is 292 g/mol. The van der Waals surface area contributed by atoms with Gasteiger partial charge in [-0.15, -0.1) is 0 Å². The lowest BCUT2D eigenvalue weighted by molar-refractivity contribution is -0.183. The molecule has 1 aromatic heterocycles. The van der Waals surface area contributed by atoms with Gasteiger partial charge in [-0.2, -0.15) is 5.10 Å². The lowest BCUT2D eigenvalue weighted by Gasteiger charge is -2.50. The summed E-state index contributed by atoms with van der Waals surface area (Å²) in [5.41, 5.74) is 1.09. The van der Waals surface area contributed by atoms with Gasteiger partial charge in [0.05, 0.1) is 17.8 Å². The third-order valence-corrected chi connectivity index (χ3v) is 5.09. The molecule has 1 aromatic rings. The summed E-state index contributed by atoms with van der Waals surface area (Å²) in [5, 5.41) is 4.22. The Morgan fingerprint density at radius 2 is 2.10 bits per heavy atom. The van der Waals surface area contributed by atoms with Gasteiger partial charge in [-0.3, -0.25) is 14.4 Å². The lowest BCUT2D eigenvalue weighted by Crippen LogP contribution is -2.62. The zero-order chi connectivity index (χ0) is 15.0. The molecule has 116 valence electrons. The van der Waals surface area contributed by atoms with Crippen LogP contribution < -0.4 is 0 Å². The van der Waals surface area contributed by atoms with E-state index in [0.717, 1.165) is 32.5 Å². The van der Waals surface area contributed by atoms with E-state index in [9.17, 15) is 4.79 Å². The summed E-state index contributed by atoms with van der Waals surface area (Å²) < 4.78 is 7.81. The van der Waals surface area contributed by atoms with Crippen molar-refractivity contribution < 1.29 is 9.53 Å². The van der Waals surface area contributed by atoms with Crippen molar-refractivity contribution in [2.75, 3.05) is 26.7 Å². The highest BCUT2D eigenvalue weighted by Crippen LogP contribution is 2.35. The predicted octanol–water partition coefficient (Wildman–Crippen LogP) is 0.632. The Morgan fingerprint density at radius 1 is 1.38 bits per heavy atom. The molecule has 6 heteroatoms. The van der Waals surface area contributed by atoms with Crippen LogP contribution in [0.1, 0.15) is 25.3 Å². The number of likely N-dealkylation sites (tertiary alicyclic amines) is 1. The topological polar surface area (TPSA) is 50.6 Å². The lowest BCUT2D eigenvalue weighted by atomic mass is 9.83. The van der Waals surface area contributed by atoms with Crippen molar-refractivity contribution in [1.29, 1.82) is 0 Å². The molecule has 0 aromatic carbocycles. The molecular formula is C15H24N4O2. The first-order valence-corrected chi connectivity index (χ1v) is 7.60. The monoisotopic (exact) mass is 292 g/mol. The number of nitrogens with zero attached hydrogens (tertiary/aromatic N) is 4. The highest BCUT2D eigenvalue weighted by Gasteiger charge is 2.46. The van der Waals surface area contributed by atoms with Crippen LogP contribution >= 0.6 is 0 Å². The second-order valence-electron chi connectivity index (χ2n) is 6.33. The van der Waals surface area contributed by atoms with Gasteiger partial charge < -0.3 is 9.64 Å². The van der Waals surface area contributed by atoms with Crippen LogP contribution in [0.4, 0.5) is 0 Å². The van der Waals surface area contributed by atoms with Gasteiger partial charge in [-0.25, -0.2) is 0 Å². The molecule has 0 N–H and O–H groups in total. The van der Waals surface area contributed by atoms with E-state index >= 15 is 0 Å². The fraction of sp³-hybridized carbons (Fsp3) is 0.733. The van der Waals surface area contributed by atoms with Gasteiger partial charge in [0.1, 0.15) is 6.61 Å². The van der Waals surface area contributed by atoms with E-state index in [1.807, 2.05) is 29.9 Å². The molecule has 3 heterocycles. The maximum absolute atomic E-state index is 11.7. The normalized spacial score (nSPS) is 26.5. The number of hydrogen-bond donors (Lipinski definition) is 0. The molecule has 0 bridgehead atoms. The fourth-order valence-electron chi connectivity index (χ4n) is 3.46. The number of morpholine rings is 1. The van der Waals surface area contributed by atoms with Crippen molar-refractivity contribution in [2.45, 2.75) is 38.0 Å². The van der Waals surface area contributed by atoms with Crippen molar-refractivity contribution in [2.24, 2.45) is 7.05 Å². The smallest absolute Gasteiger partial charge is 0.248 e. The van der Waals surface area contributed by atoms with Crippen molar-refractivity contribution in [3.8, 4) is 0 Å². The summed E-state index contributed by atoms with van der Waals surface area (Å²) in [6.07, 6.45) is 5.95. The molecule has 1 atom stereocenters. The molecule has 1 amide bonds. The quantitative estimate of drug-likeness (QED) is 0.802. The van der Waals surface area contributed by atoms with E-state index in [2.05, 4.69) is 23.1 Å². The molecule has 0 unspecified atom stereocenters. The Bertz CT molecular complexity index is 519. The van der Waals surface area contributed by atoms with E-state index in [1.165, 1.54) is 5.56 Å². The van der Waals surface area contributed by atoms with Gasteiger partial charge >= 0.3 is 0 Å². The van der Waals surface area contributed by atoms with Crippen molar-refractivity contribution in [3.63, 3.8) is 0 Å². The summed E-state index contributed by atoms with van der Waals surface area (Å²) in [5.74, 6) is 0.0888. The molecule has 2 aliphatic rings. The summed E-state index contributed by atoms with van der Waals surface area (Å²) in [4.78, 5) is 16.0. The molecule has 0 radical (unpaired) electrons. The first-order valence-electron chi connectivity index (χ1n) is 7.60. The second-order valence-corrected chi connectivity index (χ2v) is 6.33. The van der Waals surface area contributed by atoms with E-state index in [0.29, 0.717) is 0 Å². The number of hydrogen-bond acceptors (Lipinski definition) is 4. The third kappa shape index (κ3) is 2.70. The number of rotatable bonds is 2. The Kier molecular flexibility index (Phi) is 3.75. The van der Waals surface area contributed by atoms with E-state index in [1.54, 1.807) is 0 Å². The molecule has 21 heavy (non-hydrogen) atoms. The number of amides is 1. The zero-order valence-electron chi connectivity index (χ0n) is 13.1. The van der Waals surface area contributed by atoms with Gasteiger partial charge in [0.15, 0.2) is 0 Å². The number of carbonyl (C=O) groups excluding carboxylic acids is 1. The first kappa shape index (κ1) is 14.5. The van der Waals surface area contributed by atoms with Crippen molar-refractivity contribution in [1.82, 2.24) is 19.6 Å². The second kappa shape index (κ2) is 5.42.